The second kappa shape index (κ2) is 5.94. The second-order valence-corrected chi connectivity index (χ2v) is 5.97. The summed E-state index contributed by atoms with van der Waals surface area (Å²) in [5, 5.41) is 6.77. The SMILES string of the molecule is CNC1CCN(CCc2nccs2)C(C)C1C. The predicted octanol–water partition coefficient (Wildman–Crippen LogP) is 2.00. The molecule has 0 aromatic carbocycles. The minimum absolute atomic E-state index is 0.668. The lowest BCUT2D eigenvalue weighted by Gasteiger charge is -2.42. The summed E-state index contributed by atoms with van der Waals surface area (Å²) in [6, 6.07) is 1.35. The van der Waals surface area contributed by atoms with Crippen molar-refractivity contribution in [2.24, 2.45) is 5.92 Å². The average molecular weight is 253 g/mol. The Bertz CT molecular complexity index is 325. The van der Waals surface area contributed by atoms with Crippen molar-refractivity contribution < 1.29 is 0 Å². The molecule has 1 fully saturated rings. The Morgan fingerprint density at radius 3 is 3.00 bits per heavy atom. The maximum Gasteiger partial charge on any atom is 0.0937 e. The van der Waals surface area contributed by atoms with Gasteiger partial charge in [-0.1, -0.05) is 6.92 Å². The lowest BCUT2D eigenvalue weighted by molar-refractivity contribution is 0.0889. The molecule has 1 aliphatic heterocycles. The van der Waals surface area contributed by atoms with E-state index in [9.17, 15) is 0 Å². The molecule has 96 valence electrons. The van der Waals surface area contributed by atoms with E-state index in [2.05, 4.69) is 41.5 Å². The third-order valence-electron chi connectivity index (χ3n) is 4.17. The number of piperidine rings is 1. The molecule has 17 heavy (non-hydrogen) atoms. The molecule has 3 nitrogen and oxygen atoms in total. The van der Waals surface area contributed by atoms with Crippen molar-refractivity contribution in [3.05, 3.63) is 16.6 Å². The number of nitrogens with zero attached hydrogens (tertiary/aromatic N) is 2. The Kier molecular flexibility index (Phi) is 4.54. The molecule has 1 aromatic heterocycles. The smallest absolute Gasteiger partial charge is 0.0937 e. The summed E-state index contributed by atoms with van der Waals surface area (Å²) in [7, 11) is 2.08. The molecule has 3 atom stereocenters. The Morgan fingerprint density at radius 2 is 2.35 bits per heavy atom. The van der Waals surface area contributed by atoms with Gasteiger partial charge in [-0.3, -0.25) is 4.90 Å². The third kappa shape index (κ3) is 3.06. The lowest BCUT2D eigenvalue weighted by atomic mass is 9.87. The van der Waals surface area contributed by atoms with Crippen LogP contribution in [-0.4, -0.2) is 42.1 Å². The fourth-order valence-corrected chi connectivity index (χ4v) is 3.39. The van der Waals surface area contributed by atoms with E-state index in [4.69, 9.17) is 0 Å². The largest absolute Gasteiger partial charge is 0.317 e. The van der Waals surface area contributed by atoms with Gasteiger partial charge in [-0.15, -0.1) is 11.3 Å². The van der Waals surface area contributed by atoms with Crippen LogP contribution in [0.2, 0.25) is 0 Å². The van der Waals surface area contributed by atoms with Crippen molar-refractivity contribution in [3.8, 4) is 0 Å². The molecule has 0 bridgehead atoms. The van der Waals surface area contributed by atoms with Gasteiger partial charge in [0.1, 0.15) is 0 Å². The van der Waals surface area contributed by atoms with Crippen LogP contribution in [0.25, 0.3) is 0 Å². The maximum absolute atomic E-state index is 4.36. The molecule has 2 rings (SSSR count). The Balaban J connectivity index is 1.85. The zero-order valence-corrected chi connectivity index (χ0v) is 11.8. The summed E-state index contributed by atoms with van der Waals surface area (Å²) in [6.07, 6.45) is 4.26. The molecular formula is C13H23N3S. The van der Waals surface area contributed by atoms with Crippen molar-refractivity contribution >= 4 is 11.3 Å². The highest BCUT2D eigenvalue weighted by Gasteiger charge is 2.30. The summed E-state index contributed by atoms with van der Waals surface area (Å²) in [5.41, 5.74) is 0. The van der Waals surface area contributed by atoms with Crippen molar-refractivity contribution in [1.82, 2.24) is 15.2 Å². The van der Waals surface area contributed by atoms with E-state index in [-0.39, 0.29) is 0 Å². The number of aromatic nitrogens is 1. The van der Waals surface area contributed by atoms with Crippen molar-refractivity contribution in [2.75, 3.05) is 20.1 Å². The quantitative estimate of drug-likeness (QED) is 0.889. The van der Waals surface area contributed by atoms with E-state index < -0.39 is 0 Å². The Morgan fingerprint density at radius 1 is 1.53 bits per heavy atom. The summed E-state index contributed by atoms with van der Waals surface area (Å²) in [5.74, 6) is 0.727. The zero-order chi connectivity index (χ0) is 12.3. The predicted molar refractivity (Wildman–Crippen MR) is 73.5 cm³/mol. The molecule has 3 unspecified atom stereocenters. The summed E-state index contributed by atoms with van der Waals surface area (Å²) in [4.78, 5) is 6.97. The highest BCUT2D eigenvalue weighted by Crippen LogP contribution is 2.23. The van der Waals surface area contributed by atoms with Crippen LogP contribution in [0.5, 0.6) is 0 Å². The first-order valence-corrected chi connectivity index (χ1v) is 7.40. The second-order valence-electron chi connectivity index (χ2n) is 5.00. The molecule has 0 saturated carbocycles. The lowest BCUT2D eigenvalue weighted by Crippen LogP contribution is -2.53. The first-order valence-electron chi connectivity index (χ1n) is 6.52. The summed E-state index contributed by atoms with van der Waals surface area (Å²) < 4.78 is 0. The topological polar surface area (TPSA) is 28.2 Å². The molecule has 2 heterocycles. The number of hydrogen-bond donors (Lipinski definition) is 1. The van der Waals surface area contributed by atoms with Gasteiger partial charge in [0, 0.05) is 36.6 Å². The van der Waals surface area contributed by atoms with Crippen LogP contribution in [0.1, 0.15) is 25.3 Å². The Labute approximate surface area is 108 Å². The van der Waals surface area contributed by atoms with Gasteiger partial charge in [0.2, 0.25) is 0 Å². The van der Waals surface area contributed by atoms with Gasteiger partial charge in [-0.05, 0) is 32.9 Å². The van der Waals surface area contributed by atoms with Gasteiger partial charge in [-0.2, -0.15) is 0 Å². The molecular weight excluding hydrogens is 230 g/mol. The van der Waals surface area contributed by atoms with Crippen LogP contribution in [0, 0.1) is 5.92 Å². The molecule has 1 aromatic rings. The molecule has 1 aliphatic rings. The van der Waals surface area contributed by atoms with Gasteiger partial charge in [0.05, 0.1) is 5.01 Å². The van der Waals surface area contributed by atoms with E-state index >= 15 is 0 Å². The summed E-state index contributed by atoms with van der Waals surface area (Å²) >= 11 is 1.77. The van der Waals surface area contributed by atoms with E-state index in [1.807, 2.05) is 6.20 Å². The van der Waals surface area contributed by atoms with Crippen LogP contribution in [0.4, 0.5) is 0 Å². The van der Waals surface area contributed by atoms with E-state index in [1.54, 1.807) is 11.3 Å². The number of likely N-dealkylation sites (tertiary alicyclic amines) is 1. The molecule has 4 heteroatoms. The normalized spacial score (nSPS) is 30.6. The van der Waals surface area contributed by atoms with E-state index in [1.165, 1.54) is 18.0 Å². The molecule has 1 N–H and O–H groups in total. The zero-order valence-electron chi connectivity index (χ0n) is 11.0. The standard InChI is InChI=1S/C13H23N3S/c1-10-11(2)16(7-4-12(10)14-3)8-5-13-15-6-9-17-13/h6,9-12,14H,4-5,7-8H2,1-3H3. The highest BCUT2D eigenvalue weighted by molar-refractivity contribution is 7.09. The van der Waals surface area contributed by atoms with Gasteiger partial charge in [-0.25, -0.2) is 4.98 Å². The fraction of sp³-hybridized carbons (Fsp3) is 0.769. The average Bonchev–Trinajstić information content (AvgIpc) is 2.84. The molecule has 0 spiro atoms. The molecule has 1 saturated heterocycles. The van der Waals surface area contributed by atoms with Crippen molar-refractivity contribution in [3.63, 3.8) is 0 Å². The minimum Gasteiger partial charge on any atom is -0.317 e. The van der Waals surface area contributed by atoms with Crippen LogP contribution >= 0.6 is 11.3 Å². The number of hydrogen-bond acceptors (Lipinski definition) is 4. The van der Waals surface area contributed by atoms with Gasteiger partial charge >= 0.3 is 0 Å². The molecule has 0 radical (unpaired) electrons. The number of thiazole rings is 1. The van der Waals surface area contributed by atoms with E-state index in [0.717, 1.165) is 18.9 Å². The number of rotatable bonds is 4. The van der Waals surface area contributed by atoms with Crippen LogP contribution in [0.3, 0.4) is 0 Å². The Hall–Kier alpha value is -0.450. The first-order chi connectivity index (χ1) is 8.22. The fourth-order valence-electron chi connectivity index (χ4n) is 2.78. The van der Waals surface area contributed by atoms with Crippen LogP contribution < -0.4 is 5.32 Å². The van der Waals surface area contributed by atoms with Crippen LogP contribution in [0.15, 0.2) is 11.6 Å². The number of nitrogens with one attached hydrogen (secondary N) is 1. The molecule has 0 amide bonds. The van der Waals surface area contributed by atoms with Crippen molar-refractivity contribution in [1.29, 1.82) is 0 Å². The summed E-state index contributed by atoms with van der Waals surface area (Å²) in [6.45, 7) is 7.08. The van der Waals surface area contributed by atoms with Crippen molar-refractivity contribution in [2.45, 2.75) is 38.8 Å². The maximum atomic E-state index is 4.36. The third-order valence-corrected chi connectivity index (χ3v) is 5.01. The van der Waals surface area contributed by atoms with Gasteiger partial charge in [0.15, 0.2) is 0 Å². The minimum atomic E-state index is 0.668. The van der Waals surface area contributed by atoms with E-state index in [0.29, 0.717) is 12.1 Å². The van der Waals surface area contributed by atoms with Gasteiger partial charge < -0.3 is 5.32 Å². The molecule has 0 aliphatic carbocycles. The van der Waals surface area contributed by atoms with Crippen LogP contribution in [-0.2, 0) is 6.42 Å². The van der Waals surface area contributed by atoms with Gasteiger partial charge in [0.25, 0.3) is 0 Å². The first kappa shape index (κ1) is 13.0. The highest BCUT2D eigenvalue weighted by atomic mass is 32.1. The monoisotopic (exact) mass is 253 g/mol.